The largest absolute Gasteiger partial charge is 0.294 e. The molecule has 0 saturated carbocycles. The number of carbonyl (C=O) groups is 1. The lowest BCUT2D eigenvalue weighted by atomic mass is 10.2. The van der Waals surface area contributed by atoms with E-state index in [0.29, 0.717) is 9.99 Å². The van der Waals surface area contributed by atoms with Crippen LogP contribution >= 0.6 is 15.9 Å². The Morgan fingerprint density at radius 2 is 2.27 bits per heavy atom. The average Bonchev–Trinajstić information content (AvgIpc) is 2.40. The fourth-order valence-corrected chi connectivity index (χ4v) is 2.28. The van der Waals surface area contributed by atoms with Gasteiger partial charge in [-0.2, -0.15) is 4.39 Å². The molecular formula is C10H8BrFN2O. The van der Waals surface area contributed by atoms with E-state index < -0.39 is 5.95 Å². The van der Waals surface area contributed by atoms with E-state index in [9.17, 15) is 9.18 Å². The molecule has 2 aromatic heterocycles. The number of halogens is 2. The standard InChI is InChI=1S/C10H8BrFN2O/c1-5-3-7(11)9-8(6(2)15)10(12)13-14(9)4-5/h3-4H,1-2H3. The van der Waals surface area contributed by atoms with Crippen molar-refractivity contribution in [3.63, 3.8) is 0 Å². The first kappa shape index (κ1) is 10.3. The van der Waals surface area contributed by atoms with Gasteiger partial charge in [0, 0.05) is 10.7 Å². The van der Waals surface area contributed by atoms with Gasteiger partial charge in [0.05, 0.1) is 5.52 Å². The second-order valence-electron chi connectivity index (χ2n) is 3.38. The monoisotopic (exact) mass is 270 g/mol. The van der Waals surface area contributed by atoms with Crippen molar-refractivity contribution >= 4 is 27.2 Å². The molecule has 2 rings (SSSR count). The summed E-state index contributed by atoms with van der Waals surface area (Å²) in [4.78, 5) is 11.3. The molecule has 78 valence electrons. The molecule has 0 spiro atoms. The summed E-state index contributed by atoms with van der Waals surface area (Å²) in [7, 11) is 0. The van der Waals surface area contributed by atoms with E-state index in [0.717, 1.165) is 5.56 Å². The number of ketones is 1. The molecule has 0 bridgehead atoms. The second kappa shape index (κ2) is 3.41. The van der Waals surface area contributed by atoms with Gasteiger partial charge in [0.1, 0.15) is 5.56 Å². The lowest BCUT2D eigenvalue weighted by Gasteiger charge is -2.00. The molecule has 15 heavy (non-hydrogen) atoms. The van der Waals surface area contributed by atoms with E-state index in [4.69, 9.17) is 0 Å². The molecule has 0 aliphatic heterocycles. The third kappa shape index (κ3) is 1.56. The van der Waals surface area contributed by atoms with Crippen LogP contribution in [0, 0.1) is 12.9 Å². The van der Waals surface area contributed by atoms with Crippen molar-refractivity contribution in [3.8, 4) is 0 Å². The number of nitrogens with zero attached hydrogens (tertiary/aromatic N) is 2. The van der Waals surface area contributed by atoms with Crippen molar-refractivity contribution in [2.24, 2.45) is 0 Å². The predicted octanol–water partition coefficient (Wildman–Crippen LogP) is 2.75. The molecule has 0 N–H and O–H groups in total. The summed E-state index contributed by atoms with van der Waals surface area (Å²) in [5, 5.41) is 3.66. The molecule has 0 aliphatic rings. The van der Waals surface area contributed by atoms with Crippen molar-refractivity contribution in [2.75, 3.05) is 0 Å². The van der Waals surface area contributed by atoms with Crippen LogP contribution in [-0.2, 0) is 0 Å². The van der Waals surface area contributed by atoms with E-state index in [1.54, 1.807) is 6.20 Å². The molecule has 0 aliphatic carbocycles. The number of aryl methyl sites for hydroxylation is 1. The van der Waals surface area contributed by atoms with Crippen LogP contribution in [0.3, 0.4) is 0 Å². The van der Waals surface area contributed by atoms with Gasteiger partial charge in [-0.05, 0) is 41.4 Å². The number of hydrogen-bond donors (Lipinski definition) is 0. The fraction of sp³-hybridized carbons (Fsp3) is 0.200. The summed E-state index contributed by atoms with van der Waals surface area (Å²) in [5.74, 6) is -1.05. The van der Waals surface area contributed by atoms with E-state index in [-0.39, 0.29) is 11.3 Å². The fourth-order valence-electron chi connectivity index (χ4n) is 1.54. The molecule has 0 aromatic carbocycles. The highest BCUT2D eigenvalue weighted by Gasteiger charge is 2.18. The summed E-state index contributed by atoms with van der Waals surface area (Å²) in [6.45, 7) is 3.20. The summed E-state index contributed by atoms with van der Waals surface area (Å²) >= 11 is 3.30. The normalized spacial score (nSPS) is 10.9. The van der Waals surface area contributed by atoms with Crippen LogP contribution < -0.4 is 0 Å². The summed E-state index contributed by atoms with van der Waals surface area (Å²) < 4.78 is 15.4. The van der Waals surface area contributed by atoms with Gasteiger partial charge in [0.2, 0.25) is 5.95 Å². The summed E-state index contributed by atoms with van der Waals surface area (Å²) in [5.41, 5.74) is 1.44. The van der Waals surface area contributed by atoms with Crippen molar-refractivity contribution in [1.82, 2.24) is 9.61 Å². The smallest absolute Gasteiger partial charge is 0.244 e. The molecule has 5 heteroatoms. The number of hydrogen-bond acceptors (Lipinski definition) is 2. The molecule has 0 fully saturated rings. The van der Waals surface area contributed by atoms with Crippen LogP contribution in [0.5, 0.6) is 0 Å². The van der Waals surface area contributed by atoms with Crippen molar-refractivity contribution in [1.29, 1.82) is 0 Å². The summed E-state index contributed by atoms with van der Waals surface area (Å²) in [6, 6.07) is 1.82. The van der Waals surface area contributed by atoms with Crippen LogP contribution in [0.4, 0.5) is 4.39 Å². The van der Waals surface area contributed by atoms with Crippen molar-refractivity contribution in [3.05, 3.63) is 33.8 Å². The Labute approximate surface area is 94.0 Å². The van der Waals surface area contributed by atoms with Crippen LogP contribution in [0.2, 0.25) is 0 Å². The van der Waals surface area contributed by atoms with E-state index >= 15 is 0 Å². The van der Waals surface area contributed by atoms with Crippen LogP contribution in [0.1, 0.15) is 22.8 Å². The predicted molar refractivity (Wildman–Crippen MR) is 57.6 cm³/mol. The maximum Gasteiger partial charge on any atom is 0.244 e. The van der Waals surface area contributed by atoms with Crippen LogP contribution in [0.25, 0.3) is 5.52 Å². The Morgan fingerprint density at radius 1 is 1.60 bits per heavy atom. The third-order valence-electron chi connectivity index (χ3n) is 2.13. The molecule has 0 radical (unpaired) electrons. The van der Waals surface area contributed by atoms with E-state index in [1.165, 1.54) is 11.4 Å². The quantitative estimate of drug-likeness (QED) is 0.747. The zero-order chi connectivity index (χ0) is 11.2. The first-order chi connectivity index (χ1) is 7.00. The number of pyridine rings is 1. The van der Waals surface area contributed by atoms with Gasteiger partial charge in [0.25, 0.3) is 0 Å². The summed E-state index contributed by atoms with van der Waals surface area (Å²) in [6.07, 6.45) is 1.68. The number of aromatic nitrogens is 2. The number of Topliss-reactive ketones (excluding diaryl/α,β-unsaturated/α-hetero) is 1. The highest BCUT2D eigenvalue weighted by Crippen LogP contribution is 2.25. The highest BCUT2D eigenvalue weighted by atomic mass is 79.9. The lowest BCUT2D eigenvalue weighted by Crippen LogP contribution is -1.95. The van der Waals surface area contributed by atoms with Crippen LogP contribution in [0.15, 0.2) is 16.7 Å². The Bertz CT molecular complexity index is 562. The van der Waals surface area contributed by atoms with Gasteiger partial charge in [0.15, 0.2) is 5.78 Å². The molecule has 3 nitrogen and oxygen atoms in total. The van der Waals surface area contributed by atoms with Gasteiger partial charge >= 0.3 is 0 Å². The van der Waals surface area contributed by atoms with Crippen molar-refractivity contribution < 1.29 is 9.18 Å². The number of fused-ring (bicyclic) bond motifs is 1. The zero-order valence-corrected chi connectivity index (χ0v) is 9.80. The van der Waals surface area contributed by atoms with Crippen LogP contribution in [-0.4, -0.2) is 15.4 Å². The Kier molecular flexibility index (Phi) is 2.34. The van der Waals surface area contributed by atoms with Gasteiger partial charge in [-0.3, -0.25) is 4.79 Å². The molecular weight excluding hydrogens is 263 g/mol. The first-order valence-electron chi connectivity index (χ1n) is 4.35. The maximum atomic E-state index is 13.4. The molecule has 0 saturated heterocycles. The van der Waals surface area contributed by atoms with Gasteiger partial charge in [-0.25, -0.2) is 4.52 Å². The molecule has 0 atom stereocenters. The highest BCUT2D eigenvalue weighted by molar-refractivity contribution is 9.10. The molecule has 0 unspecified atom stereocenters. The number of carbonyl (C=O) groups excluding carboxylic acids is 1. The van der Waals surface area contributed by atoms with E-state index in [1.807, 2.05) is 13.0 Å². The Balaban J connectivity index is 2.93. The Morgan fingerprint density at radius 3 is 2.87 bits per heavy atom. The molecule has 2 aromatic rings. The maximum absolute atomic E-state index is 13.4. The van der Waals surface area contributed by atoms with E-state index in [2.05, 4.69) is 21.0 Å². The topological polar surface area (TPSA) is 34.4 Å². The minimum absolute atomic E-state index is 0.0295. The lowest BCUT2D eigenvalue weighted by molar-refractivity contribution is 0.101. The van der Waals surface area contributed by atoms with Gasteiger partial charge in [-0.15, -0.1) is 5.10 Å². The van der Waals surface area contributed by atoms with Gasteiger partial charge in [-0.1, -0.05) is 0 Å². The minimum atomic E-state index is -0.728. The Hall–Kier alpha value is -1.23. The van der Waals surface area contributed by atoms with Crippen molar-refractivity contribution in [2.45, 2.75) is 13.8 Å². The zero-order valence-electron chi connectivity index (χ0n) is 8.21. The average molecular weight is 271 g/mol. The SMILES string of the molecule is CC(=O)c1c(F)nn2cc(C)cc(Br)c12. The van der Waals surface area contributed by atoms with Gasteiger partial charge < -0.3 is 0 Å². The second-order valence-corrected chi connectivity index (χ2v) is 4.23. The minimum Gasteiger partial charge on any atom is -0.294 e. The first-order valence-corrected chi connectivity index (χ1v) is 5.15. The molecule has 2 heterocycles. The number of rotatable bonds is 1. The molecule has 0 amide bonds. The third-order valence-corrected chi connectivity index (χ3v) is 2.73.